The molecular weight excluding hydrogens is 1960 g/mol. The molecule has 0 spiro atoms. The van der Waals surface area contributed by atoms with E-state index in [1.54, 1.807) is 49.9 Å². The quantitative estimate of drug-likeness (QED) is 0.00531. The van der Waals surface area contributed by atoms with Crippen LogP contribution in [-0.2, 0) is 105 Å². The van der Waals surface area contributed by atoms with Gasteiger partial charge in [0.1, 0.15) is 45.7 Å². The average molecular weight is 2100 g/mol. The molecule has 0 saturated carbocycles. The second-order valence-corrected chi connectivity index (χ2v) is 37.6. The minimum absolute atomic E-state index is 0. The molecule has 4 aromatic carbocycles. The Morgan fingerprint density at radius 1 is 0.446 bits per heavy atom. The van der Waals surface area contributed by atoms with Gasteiger partial charge in [-0.25, -0.2) is 74.2 Å². The minimum atomic E-state index is -1.69. The van der Waals surface area contributed by atoms with Crippen molar-refractivity contribution in [1.29, 1.82) is 0 Å². The molecule has 42 heteroatoms. The van der Waals surface area contributed by atoms with E-state index in [1.807, 2.05) is 42.7 Å². The maximum atomic E-state index is 16.1. The number of alkyl halides is 4. The van der Waals surface area contributed by atoms with Gasteiger partial charge in [0, 0.05) is 134 Å². The van der Waals surface area contributed by atoms with Gasteiger partial charge in [0.25, 0.3) is 0 Å². The number of amides is 1. The molecule has 1 amide bonds. The fraction of sp³-hybridized carbons (Fsp3) is 0.557. The molecule has 5 N–H and O–H groups in total. The Morgan fingerprint density at radius 2 is 0.757 bits per heavy atom. The van der Waals surface area contributed by atoms with Gasteiger partial charge in [-0.2, -0.15) is 0 Å². The number of benzene rings is 4. The molecule has 7 aliphatic rings. The molecule has 10 heterocycles. The predicted octanol–water partition coefficient (Wildman–Crippen LogP) is 11.2. The number of rotatable bonds is 38. The molecule has 148 heavy (non-hydrogen) atoms. The van der Waals surface area contributed by atoms with Crippen LogP contribution < -0.4 is 98.9 Å². The van der Waals surface area contributed by atoms with Gasteiger partial charge in [-0.05, 0) is 263 Å². The third kappa shape index (κ3) is 38.7. The van der Waals surface area contributed by atoms with E-state index in [9.17, 15) is 65.4 Å². The predicted molar refractivity (Wildman–Crippen MR) is 533 cm³/mol. The van der Waals surface area contributed by atoms with Gasteiger partial charge in [-0.1, -0.05) is 49.9 Å². The fourth-order valence-corrected chi connectivity index (χ4v) is 18.3. The Labute approximate surface area is 908 Å². The molecule has 0 aliphatic carbocycles. The van der Waals surface area contributed by atoms with Crippen molar-refractivity contribution in [3.05, 3.63) is 188 Å². The van der Waals surface area contributed by atoms with E-state index in [1.165, 1.54) is 95.0 Å². The number of aryl methyl sites for hydroxylation is 6. The molecule has 31 nitrogen and oxygen atoms in total. The summed E-state index contributed by atoms with van der Waals surface area (Å²) in [4.78, 5) is 119. The molecule has 0 bridgehead atoms. The summed E-state index contributed by atoms with van der Waals surface area (Å²) in [6.45, 7) is 20.9. The number of hydrogen-bond acceptors (Lipinski definition) is 29. The number of aromatic nitrogens is 3. The molecule has 3 radical (unpaired) electrons. The number of methoxy groups -OCH3 is 4. The molecule has 4 saturated heterocycles. The number of nitrogens with zero attached hydrogens (tertiary/aromatic N) is 7. The summed E-state index contributed by atoms with van der Waals surface area (Å²) in [6.07, 6.45) is 13.0. The van der Waals surface area contributed by atoms with Gasteiger partial charge in [0.15, 0.2) is 46.3 Å². The Balaban J connectivity index is 0.000000336. The second-order valence-electron chi connectivity index (χ2n) is 37.6. The van der Waals surface area contributed by atoms with Gasteiger partial charge in [0.2, 0.25) is 5.97 Å². The maximum Gasteiger partial charge on any atom is 1.00 e. The van der Waals surface area contributed by atoms with Crippen molar-refractivity contribution >= 4 is 73.4 Å². The normalized spacial score (nSPS) is 16.2. The Bertz CT molecular complexity index is 5420. The number of carboxylic acid groups (broad SMARTS) is 1. The van der Waals surface area contributed by atoms with Gasteiger partial charge in [-0.15, -0.1) is 0 Å². The number of likely N-dealkylation sites (tertiary alicyclic amines) is 3. The van der Waals surface area contributed by atoms with E-state index in [0.29, 0.717) is 41.2 Å². The Kier molecular flexibility index (Phi) is 53.9. The van der Waals surface area contributed by atoms with Gasteiger partial charge >= 0.3 is 101 Å². The summed E-state index contributed by atoms with van der Waals surface area (Å²) < 4.78 is 163. The van der Waals surface area contributed by atoms with Crippen LogP contribution >= 0.6 is 0 Å². The molecule has 4 fully saturated rings. The number of fused-ring (bicyclic) bond motifs is 3. The Hall–Kier alpha value is -10.0. The molecule has 3 aromatic heterocycles. The topological polar surface area (TPSA) is 376 Å². The van der Waals surface area contributed by atoms with E-state index >= 15 is 13.2 Å². The number of ether oxygens (including phenoxy) is 8. The van der Waals surface area contributed by atoms with Crippen molar-refractivity contribution in [2.75, 3.05) is 155 Å². The van der Waals surface area contributed by atoms with Crippen molar-refractivity contribution < 1.29 is 196 Å². The molecule has 4 unspecified atom stereocenters. The van der Waals surface area contributed by atoms with Crippen molar-refractivity contribution in [3.8, 4) is 23.0 Å². The number of aliphatic carboxylic acids is 1. The van der Waals surface area contributed by atoms with Crippen LogP contribution in [0.15, 0.2) is 109 Å². The number of unbranched alkanes of at least 4 members (excludes halogenated alkanes) is 3. The first-order valence-corrected chi connectivity index (χ1v) is 48.9. The number of esters is 3. The zero-order valence-corrected chi connectivity index (χ0v) is 91.0. The number of halogens is 8. The van der Waals surface area contributed by atoms with E-state index in [4.69, 9.17) is 52.8 Å². The zero-order chi connectivity index (χ0) is 105. The van der Waals surface area contributed by atoms with Crippen molar-refractivity contribution in [1.82, 2.24) is 35.0 Å². The van der Waals surface area contributed by atoms with Crippen molar-refractivity contribution in [2.45, 2.75) is 244 Å². The number of carbonyl (C=O) groups is 8. The average Bonchev–Trinajstić information content (AvgIpc) is 0.763. The van der Waals surface area contributed by atoms with Crippen LogP contribution in [0.3, 0.4) is 0 Å². The van der Waals surface area contributed by atoms with Gasteiger partial charge in [-0.3, -0.25) is 43.6 Å². The third-order valence-electron chi connectivity index (χ3n) is 25.5. The van der Waals surface area contributed by atoms with E-state index in [2.05, 4.69) is 67.6 Å². The zero-order valence-electron chi connectivity index (χ0n) is 87.0. The molecule has 14 rings (SSSR count). The van der Waals surface area contributed by atoms with Crippen molar-refractivity contribution in [3.63, 3.8) is 0 Å². The van der Waals surface area contributed by atoms with Gasteiger partial charge < -0.3 is 77.1 Å². The monoisotopic (exact) mass is 2100 g/mol. The molecule has 7 aliphatic heterocycles. The van der Waals surface area contributed by atoms with Crippen LogP contribution in [0, 0.1) is 23.3 Å². The maximum absolute atomic E-state index is 16.1. The standard InChI is InChI=1S/C32H43F2N3O5.C27H35F2N3O3.C25H31F2N3O3.C15H19F2NO3.C4H6O4.C2H3BO2.CH4.2Na.H2O/c1-6-41-28(38)19-25(23-13-15-27(40-5)26(33)18-23)32(34)20-36(21-32)16-8-7-11-24-14-12-22-10-9-17-37(29(22)35-24)30(39)42-31(2,3)4;1-3-35-25(33)16-22(20-10-12-24(34-2)23(28)15-20)27(29)17-32(18-27)14-5-4-8-21-11-9-19-7-6-13-30-26(19)31-21;1-33-22-10-8-18(13-21(22)26)20(14-23(31)32)25(27)15-30(16-25)12-3-2-6-19-9-7-17-5-4-11-28-24(17)29-19;1-3-21-14(19)7-11(15(17)8-18-9-15)10-4-5-13(20-2)12(16)6-10;1-3(5)7-8-4(2)6;1-2(4)5-3;;;;/h12-15,18,25H,6-11,16-17,19-21H2,1-5H3;9-12,15,22H,3-8,13-14,16-18H2,1-2H3,(H,30,31);7-10,13,20H,2-6,11-12,14-16H2,1H3,(H,28,29)(H,31,32);4-6,11,18H,3,7-9H2,1-2H3;1-2H3;1H3;1H4;;;1H2/q;;;;;-1;;2*+1;/p-1. The SMILES string of the molecule is C.CC(=O)OOC(C)=O.CCOC(=O)CC(c1ccc(OC)c(F)c1)C1(F)CN(CCCCc2ccc3c(n2)N(C(=O)OC(C)(C)C)CCC3)C1.CCOC(=O)CC(c1ccc(OC)c(F)c1)C1(F)CN(CCCCc2ccc3c(n2)NCCC3)C1.CCOC(=O)CC(c1ccc(OC)c(F)c1)C1(F)CNC1.COc1ccc(C(CC(=O)O)C2(F)CN(CCCCc3ccc4c(n3)NCCC4)C2)cc1F.[B-]OC(C)=O.[Na+].[Na+].[OH-]. The summed E-state index contributed by atoms with van der Waals surface area (Å²) in [5, 5.41) is 18.9. The third-order valence-corrected chi connectivity index (χ3v) is 25.5. The second kappa shape index (κ2) is 62.1. The van der Waals surface area contributed by atoms with Crippen molar-refractivity contribution in [2.24, 2.45) is 0 Å². The van der Waals surface area contributed by atoms with Crippen LogP contribution in [0.5, 0.6) is 23.0 Å². The Morgan fingerprint density at radius 3 is 1.04 bits per heavy atom. The summed E-state index contributed by atoms with van der Waals surface area (Å²) in [5.74, 6) is -6.87. The van der Waals surface area contributed by atoms with Crippen LogP contribution in [0.2, 0.25) is 0 Å². The first-order valence-electron chi connectivity index (χ1n) is 48.9. The number of pyridine rings is 3. The van der Waals surface area contributed by atoms with Crippen LogP contribution in [0.25, 0.3) is 0 Å². The summed E-state index contributed by atoms with van der Waals surface area (Å²) in [6, 6.07) is 29.7. The number of carbonyl (C=O) groups excluding carboxylic acids is 7. The molecule has 803 valence electrons. The summed E-state index contributed by atoms with van der Waals surface area (Å²) in [5.41, 5.74) is 1.21. The van der Waals surface area contributed by atoms with E-state index < -0.39 is 117 Å². The molecular formula is C106H142BF8N10Na2O21. The number of anilines is 3. The largest absolute Gasteiger partial charge is 1.00 e. The van der Waals surface area contributed by atoms with Crippen LogP contribution in [0.1, 0.15) is 233 Å². The number of hydrogen-bond donors (Lipinski definition) is 4. The van der Waals surface area contributed by atoms with E-state index in [0.717, 1.165) is 171 Å². The minimum Gasteiger partial charge on any atom is -0.870 e. The number of carboxylic acids is 1. The summed E-state index contributed by atoms with van der Waals surface area (Å²) in [7, 11) is 9.79. The number of nitrogens with one attached hydrogen (secondary N) is 3. The fourth-order valence-electron chi connectivity index (χ4n) is 18.3. The summed E-state index contributed by atoms with van der Waals surface area (Å²) >= 11 is 0. The smallest absolute Gasteiger partial charge is 0.870 e. The van der Waals surface area contributed by atoms with E-state index in [-0.39, 0.29) is 199 Å². The molecule has 4 atom stereocenters. The van der Waals surface area contributed by atoms with Crippen LogP contribution in [0.4, 0.5) is 57.4 Å². The molecule has 7 aromatic rings. The first kappa shape index (κ1) is 128. The first-order chi connectivity index (χ1) is 68.6. The van der Waals surface area contributed by atoms with Gasteiger partial charge in [0.05, 0.1) is 73.9 Å². The van der Waals surface area contributed by atoms with Crippen LogP contribution in [-0.4, -0.2) is 264 Å².